The number of hydrogen-bond donors (Lipinski definition) is 1. The highest BCUT2D eigenvalue weighted by atomic mass is 35.5. The Hall–Kier alpha value is -3.37. The fourth-order valence-corrected chi connectivity index (χ4v) is 4.19. The summed E-state index contributed by atoms with van der Waals surface area (Å²) in [7, 11) is 1.24. The Morgan fingerprint density at radius 1 is 1.18 bits per heavy atom. The van der Waals surface area contributed by atoms with E-state index >= 15 is 0 Å². The summed E-state index contributed by atoms with van der Waals surface area (Å²) in [5, 5.41) is 7.41. The highest BCUT2D eigenvalue weighted by molar-refractivity contribution is 7.18. The average Bonchev–Trinajstić information content (AvgIpc) is 3.40. The third kappa shape index (κ3) is 5.52. The van der Waals surface area contributed by atoms with Crippen LogP contribution in [-0.2, 0) is 16.2 Å². The van der Waals surface area contributed by atoms with Gasteiger partial charge in [0.25, 0.3) is 5.91 Å². The number of benzene rings is 1. The van der Waals surface area contributed by atoms with Gasteiger partial charge in [-0.05, 0) is 37.1 Å². The van der Waals surface area contributed by atoms with Crippen LogP contribution in [0, 0.1) is 6.92 Å². The summed E-state index contributed by atoms with van der Waals surface area (Å²) in [5.41, 5.74) is 0.667. The van der Waals surface area contributed by atoms with Crippen LogP contribution in [0.2, 0.25) is 5.02 Å². The van der Waals surface area contributed by atoms with E-state index in [1.165, 1.54) is 24.1 Å². The number of carbonyl (C=O) groups is 3. The van der Waals surface area contributed by atoms with Crippen LogP contribution in [0.25, 0.3) is 0 Å². The first-order valence-electron chi connectivity index (χ1n) is 9.96. The average molecular weight is 492 g/mol. The lowest BCUT2D eigenvalue weighted by molar-refractivity contribution is 0.0506. The van der Waals surface area contributed by atoms with E-state index in [4.69, 9.17) is 25.8 Å². The normalized spacial score (nSPS) is 10.5. The van der Waals surface area contributed by atoms with Crippen LogP contribution < -0.4 is 10.1 Å². The summed E-state index contributed by atoms with van der Waals surface area (Å²) in [6.07, 6.45) is 2.08. The van der Waals surface area contributed by atoms with E-state index in [-0.39, 0.29) is 34.5 Å². The molecule has 11 heteroatoms. The molecule has 2 aromatic heterocycles. The summed E-state index contributed by atoms with van der Waals surface area (Å²) in [6, 6.07) is 8.43. The lowest BCUT2D eigenvalue weighted by Crippen LogP contribution is -2.20. The molecule has 1 amide bonds. The van der Waals surface area contributed by atoms with Gasteiger partial charge in [0.1, 0.15) is 21.3 Å². The molecule has 1 N–H and O–H groups in total. The third-order valence-corrected chi connectivity index (χ3v) is 6.01. The standard InChI is InChI=1S/C22H22ClN3O6S/c1-4-11-31-21(28)17-13(2)18(22(29)30-3)33-20(17)25-19(27)15-9-10-24-26(15)12-32-16-8-6-5-7-14(16)23/h5-10H,4,11-12H2,1-3H3,(H,25,27). The van der Waals surface area contributed by atoms with Crippen molar-refractivity contribution in [1.29, 1.82) is 0 Å². The first kappa shape index (κ1) is 24.3. The molecule has 0 aliphatic heterocycles. The fourth-order valence-electron chi connectivity index (χ4n) is 2.89. The van der Waals surface area contributed by atoms with Crippen molar-refractivity contribution in [2.24, 2.45) is 0 Å². The third-order valence-electron chi connectivity index (χ3n) is 4.51. The van der Waals surface area contributed by atoms with E-state index in [0.717, 1.165) is 11.3 Å². The molecule has 174 valence electrons. The summed E-state index contributed by atoms with van der Waals surface area (Å²) >= 11 is 7.04. The van der Waals surface area contributed by atoms with Crippen molar-refractivity contribution < 1.29 is 28.6 Å². The summed E-state index contributed by atoms with van der Waals surface area (Å²) in [5.74, 6) is -1.34. The Balaban J connectivity index is 1.84. The van der Waals surface area contributed by atoms with Gasteiger partial charge in [0, 0.05) is 6.20 Å². The van der Waals surface area contributed by atoms with Gasteiger partial charge in [-0.3, -0.25) is 4.79 Å². The molecular weight excluding hydrogens is 470 g/mol. The maximum absolute atomic E-state index is 13.0. The molecule has 0 saturated carbocycles. The number of nitrogens with one attached hydrogen (secondary N) is 1. The number of rotatable bonds is 9. The highest BCUT2D eigenvalue weighted by Gasteiger charge is 2.28. The van der Waals surface area contributed by atoms with Gasteiger partial charge in [0.05, 0.1) is 24.3 Å². The van der Waals surface area contributed by atoms with Crippen molar-refractivity contribution in [2.75, 3.05) is 19.0 Å². The summed E-state index contributed by atoms with van der Waals surface area (Å²) < 4.78 is 17.0. The zero-order chi connectivity index (χ0) is 24.0. The predicted octanol–water partition coefficient (Wildman–Crippen LogP) is 4.55. The molecular formula is C22H22ClN3O6S. The second kappa shape index (κ2) is 11.0. The highest BCUT2D eigenvalue weighted by Crippen LogP contribution is 2.34. The van der Waals surface area contributed by atoms with E-state index in [1.54, 1.807) is 31.2 Å². The summed E-state index contributed by atoms with van der Waals surface area (Å²) in [6.45, 7) is 3.60. The number of ether oxygens (including phenoxy) is 3. The van der Waals surface area contributed by atoms with Crippen molar-refractivity contribution in [1.82, 2.24) is 9.78 Å². The predicted molar refractivity (Wildman–Crippen MR) is 123 cm³/mol. The zero-order valence-electron chi connectivity index (χ0n) is 18.2. The monoisotopic (exact) mass is 491 g/mol. The zero-order valence-corrected chi connectivity index (χ0v) is 19.8. The SMILES string of the molecule is CCCOC(=O)c1c(NC(=O)c2ccnn2COc2ccccc2Cl)sc(C(=O)OC)c1C. The van der Waals surface area contributed by atoms with Crippen LogP contribution in [0.1, 0.15) is 49.4 Å². The van der Waals surface area contributed by atoms with Crippen molar-refractivity contribution in [2.45, 2.75) is 27.0 Å². The lowest BCUT2D eigenvalue weighted by atomic mass is 10.1. The number of esters is 2. The largest absolute Gasteiger partial charge is 0.470 e. The van der Waals surface area contributed by atoms with Gasteiger partial charge in [-0.1, -0.05) is 30.7 Å². The van der Waals surface area contributed by atoms with E-state index in [2.05, 4.69) is 10.4 Å². The van der Waals surface area contributed by atoms with Gasteiger partial charge in [-0.15, -0.1) is 11.3 Å². The number of hydrogen-bond acceptors (Lipinski definition) is 8. The van der Waals surface area contributed by atoms with Crippen molar-refractivity contribution in [3.63, 3.8) is 0 Å². The fraction of sp³-hybridized carbons (Fsp3) is 0.273. The van der Waals surface area contributed by atoms with Crippen molar-refractivity contribution >= 4 is 45.8 Å². The minimum absolute atomic E-state index is 0.0677. The van der Waals surface area contributed by atoms with Gasteiger partial charge < -0.3 is 19.5 Å². The number of methoxy groups -OCH3 is 1. The van der Waals surface area contributed by atoms with Crippen LogP contribution in [0.3, 0.4) is 0 Å². The molecule has 2 heterocycles. The number of nitrogens with zero attached hydrogens (tertiary/aromatic N) is 2. The molecule has 0 aliphatic carbocycles. The number of thiophene rings is 1. The van der Waals surface area contributed by atoms with E-state index in [0.29, 0.717) is 22.8 Å². The van der Waals surface area contributed by atoms with Crippen molar-refractivity contribution in [3.05, 3.63) is 63.2 Å². The topological polar surface area (TPSA) is 109 Å². The molecule has 0 radical (unpaired) electrons. The number of carbonyl (C=O) groups excluding carboxylic acids is 3. The number of para-hydroxylation sites is 1. The van der Waals surface area contributed by atoms with Gasteiger partial charge in [0.2, 0.25) is 0 Å². The smallest absolute Gasteiger partial charge is 0.348 e. The summed E-state index contributed by atoms with van der Waals surface area (Å²) in [4.78, 5) is 38.0. The van der Waals surface area contributed by atoms with Crippen molar-refractivity contribution in [3.8, 4) is 5.75 Å². The Bertz CT molecular complexity index is 1170. The Kier molecular flexibility index (Phi) is 8.07. The van der Waals surface area contributed by atoms with Crippen LogP contribution >= 0.6 is 22.9 Å². The molecule has 3 rings (SSSR count). The number of halogens is 1. The second-order valence-electron chi connectivity index (χ2n) is 6.76. The minimum atomic E-state index is -0.633. The maximum Gasteiger partial charge on any atom is 0.348 e. The van der Waals surface area contributed by atoms with Crippen LogP contribution in [0.4, 0.5) is 5.00 Å². The molecule has 1 aromatic carbocycles. The minimum Gasteiger partial charge on any atom is -0.470 e. The Morgan fingerprint density at radius 2 is 1.94 bits per heavy atom. The molecule has 0 unspecified atom stereocenters. The van der Waals surface area contributed by atoms with Gasteiger partial charge in [0.15, 0.2) is 6.73 Å². The first-order chi connectivity index (χ1) is 15.9. The Labute approximate surface area is 199 Å². The van der Waals surface area contributed by atoms with Crippen LogP contribution in [-0.4, -0.2) is 41.3 Å². The van der Waals surface area contributed by atoms with Gasteiger partial charge >= 0.3 is 11.9 Å². The molecule has 0 saturated heterocycles. The first-order valence-corrected chi connectivity index (χ1v) is 11.2. The van der Waals surface area contributed by atoms with E-state index in [9.17, 15) is 14.4 Å². The molecule has 0 spiro atoms. The maximum atomic E-state index is 13.0. The van der Waals surface area contributed by atoms with Crippen LogP contribution in [0.15, 0.2) is 36.5 Å². The number of aromatic nitrogens is 2. The molecule has 0 atom stereocenters. The quantitative estimate of drug-likeness (QED) is 0.437. The second-order valence-corrected chi connectivity index (χ2v) is 8.19. The molecule has 0 fully saturated rings. The van der Waals surface area contributed by atoms with E-state index in [1.807, 2.05) is 6.92 Å². The molecule has 0 aliphatic rings. The molecule has 9 nitrogen and oxygen atoms in total. The number of amides is 1. The van der Waals surface area contributed by atoms with E-state index < -0.39 is 17.8 Å². The molecule has 0 bridgehead atoms. The molecule has 33 heavy (non-hydrogen) atoms. The number of anilines is 1. The van der Waals surface area contributed by atoms with Gasteiger partial charge in [-0.25, -0.2) is 14.3 Å². The lowest BCUT2D eigenvalue weighted by Gasteiger charge is -2.11. The van der Waals surface area contributed by atoms with Gasteiger partial charge in [-0.2, -0.15) is 5.10 Å². The van der Waals surface area contributed by atoms with Crippen LogP contribution in [0.5, 0.6) is 5.75 Å². The Morgan fingerprint density at radius 3 is 2.64 bits per heavy atom. The molecule has 3 aromatic rings.